The van der Waals surface area contributed by atoms with Crippen LogP contribution >= 0.6 is 0 Å². The number of hydrogen-bond acceptors (Lipinski definition) is 3. The third-order valence-electron chi connectivity index (χ3n) is 5.65. The Kier molecular flexibility index (Phi) is 5.44. The summed E-state index contributed by atoms with van der Waals surface area (Å²) in [5, 5.41) is 3.05. The van der Waals surface area contributed by atoms with Crippen molar-refractivity contribution in [3.63, 3.8) is 0 Å². The molecule has 0 spiro atoms. The minimum Gasteiger partial charge on any atom is -0.492 e. The van der Waals surface area contributed by atoms with Gasteiger partial charge in [-0.25, -0.2) is 0 Å². The number of rotatable bonds is 5. The summed E-state index contributed by atoms with van der Waals surface area (Å²) >= 11 is 0. The predicted molar refractivity (Wildman–Crippen MR) is 96.0 cm³/mol. The summed E-state index contributed by atoms with van der Waals surface area (Å²) in [5.74, 6) is 2.28. The van der Waals surface area contributed by atoms with Gasteiger partial charge in [0.25, 0.3) is 0 Å². The highest BCUT2D eigenvalue weighted by molar-refractivity contribution is 5.78. The van der Waals surface area contributed by atoms with Crippen molar-refractivity contribution in [1.29, 1.82) is 0 Å². The van der Waals surface area contributed by atoms with E-state index in [1.165, 1.54) is 30.4 Å². The van der Waals surface area contributed by atoms with E-state index < -0.39 is 0 Å². The van der Waals surface area contributed by atoms with Crippen LogP contribution in [0.3, 0.4) is 0 Å². The summed E-state index contributed by atoms with van der Waals surface area (Å²) in [7, 11) is 0. The first-order valence-corrected chi connectivity index (χ1v) is 9.27. The Hall–Kier alpha value is -1.55. The summed E-state index contributed by atoms with van der Waals surface area (Å²) < 4.78 is 5.76. The number of ether oxygens (including phenoxy) is 1. The van der Waals surface area contributed by atoms with Gasteiger partial charge in [-0.2, -0.15) is 0 Å². The maximum Gasteiger partial charge on any atom is 0.223 e. The minimum absolute atomic E-state index is 0.140. The molecular weight excluding hydrogens is 300 g/mol. The molecule has 132 valence electrons. The van der Waals surface area contributed by atoms with E-state index in [-0.39, 0.29) is 11.8 Å². The molecule has 24 heavy (non-hydrogen) atoms. The van der Waals surface area contributed by atoms with Crippen molar-refractivity contribution in [2.24, 2.45) is 23.5 Å². The van der Waals surface area contributed by atoms with Crippen molar-refractivity contribution in [2.75, 3.05) is 13.2 Å². The van der Waals surface area contributed by atoms with Crippen LogP contribution in [0.1, 0.15) is 43.2 Å². The number of nitrogens with one attached hydrogen (secondary N) is 1. The van der Waals surface area contributed by atoms with E-state index in [1.807, 2.05) is 12.1 Å². The number of carbonyl (C=O) groups is 1. The number of carbonyl (C=O) groups excluding carboxylic acids is 1. The zero-order valence-corrected chi connectivity index (χ0v) is 14.9. The third-order valence-corrected chi connectivity index (χ3v) is 5.65. The zero-order valence-electron chi connectivity index (χ0n) is 14.9. The van der Waals surface area contributed by atoms with Crippen LogP contribution in [-0.2, 0) is 4.79 Å². The highest BCUT2D eigenvalue weighted by Crippen LogP contribution is 2.41. The quantitative estimate of drug-likeness (QED) is 0.816. The van der Waals surface area contributed by atoms with E-state index in [2.05, 4.69) is 25.2 Å². The lowest BCUT2D eigenvalue weighted by Gasteiger charge is -2.43. The number of benzene rings is 1. The van der Waals surface area contributed by atoms with Crippen molar-refractivity contribution in [3.05, 3.63) is 29.3 Å². The summed E-state index contributed by atoms with van der Waals surface area (Å²) in [4.78, 5) is 12.4. The molecule has 0 aliphatic heterocycles. The van der Waals surface area contributed by atoms with E-state index >= 15 is 0 Å². The molecule has 0 saturated heterocycles. The molecule has 2 unspecified atom stereocenters. The van der Waals surface area contributed by atoms with Crippen LogP contribution < -0.4 is 15.8 Å². The maximum absolute atomic E-state index is 12.4. The molecule has 2 aliphatic carbocycles. The van der Waals surface area contributed by atoms with Crippen LogP contribution in [0.4, 0.5) is 0 Å². The number of aryl methyl sites for hydroxylation is 2. The van der Waals surface area contributed by atoms with Crippen LogP contribution in [0.25, 0.3) is 0 Å². The molecule has 3 N–H and O–H groups in total. The Balaban J connectivity index is 1.43. The lowest BCUT2D eigenvalue weighted by Crippen LogP contribution is -2.49. The monoisotopic (exact) mass is 330 g/mol. The Bertz CT molecular complexity index is 553. The first kappa shape index (κ1) is 17.3. The summed E-state index contributed by atoms with van der Waals surface area (Å²) in [6.07, 6.45) is 5.58. The van der Waals surface area contributed by atoms with Crippen molar-refractivity contribution in [3.8, 4) is 5.75 Å². The molecule has 0 aromatic heterocycles. The van der Waals surface area contributed by atoms with Gasteiger partial charge in [0.2, 0.25) is 5.91 Å². The Morgan fingerprint density at radius 1 is 1.17 bits per heavy atom. The Morgan fingerprint density at radius 2 is 1.79 bits per heavy atom. The Labute approximate surface area is 145 Å². The average molecular weight is 330 g/mol. The molecule has 3 rings (SSSR count). The zero-order chi connectivity index (χ0) is 17.1. The van der Waals surface area contributed by atoms with Crippen LogP contribution in [0.15, 0.2) is 18.2 Å². The first-order chi connectivity index (χ1) is 11.5. The predicted octanol–water partition coefficient (Wildman–Crippen LogP) is 2.95. The molecule has 0 heterocycles. The number of nitrogens with two attached hydrogens (primary N) is 1. The third kappa shape index (κ3) is 4.10. The van der Waals surface area contributed by atoms with Crippen molar-refractivity contribution < 1.29 is 9.53 Å². The Morgan fingerprint density at radius 3 is 2.42 bits per heavy atom. The van der Waals surface area contributed by atoms with Gasteiger partial charge in [-0.05, 0) is 74.6 Å². The lowest BCUT2D eigenvalue weighted by molar-refractivity contribution is -0.128. The summed E-state index contributed by atoms with van der Waals surface area (Å²) in [5.41, 5.74) is 8.69. The molecular formula is C20H30N2O2. The standard InChI is InChI=1S/C20H30N2O2/c1-13-8-14(2)10-18(9-13)24-7-6-22-20(23)17-11-15-4-3-5-16(12-17)19(15)21/h8-10,15-17,19H,3-7,11-12,21H2,1-2H3,(H,22,23). The van der Waals surface area contributed by atoms with Crippen molar-refractivity contribution in [2.45, 2.75) is 52.0 Å². The van der Waals surface area contributed by atoms with Gasteiger partial charge in [0.05, 0.1) is 6.54 Å². The SMILES string of the molecule is Cc1cc(C)cc(OCCNC(=O)C2CC3CCCC(C2)C3N)c1. The smallest absolute Gasteiger partial charge is 0.223 e. The molecule has 1 amide bonds. The van der Waals surface area contributed by atoms with Crippen molar-refractivity contribution in [1.82, 2.24) is 5.32 Å². The van der Waals surface area contributed by atoms with E-state index in [0.717, 1.165) is 18.6 Å². The molecule has 4 heteroatoms. The molecule has 0 radical (unpaired) electrons. The van der Waals surface area contributed by atoms with Gasteiger partial charge in [-0.3, -0.25) is 4.79 Å². The van der Waals surface area contributed by atoms with E-state index in [4.69, 9.17) is 10.5 Å². The van der Waals surface area contributed by atoms with Gasteiger partial charge in [0, 0.05) is 12.0 Å². The van der Waals surface area contributed by atoms with Gasteiger partial charge in [0.1, 0.15) is 12.4 Å². The lowest BCUT2D eigenvalue weighted by atomic mass is 9.65. The second kappa shape index (κ2) is 7.56. The molecule has 1 aromatic rings. The summed E-state index contributed by atoms with van der Waals surface area (Å²) in [6.45, 7) is 5.19. The van der Waals surface area contributed by atoms with Gasteiger partial charge < -0.3 is 15.8 Å². The highest BCUT2D eigenvalue weighted by Gasteiger charge is 2.40. The van der Waals surface area contributed by atoms with Crippen molar-refractivity contribution >= 4 is 5.91 Å². The van der Waals surface area contributed by atoms with Gasteiger partial charge in [-0.15, -0.1) is 0 Å². The normalized spacial score (nSPS) is 29.1. The summed E-state index contributed by atoms with van der Waals surface area (Å²) in [6, 6.07) is 6.49. The molecule has 1 aromatic carbocycles. The fraction of sp³-hybridized carbons (Fsp3) is 0.650. The highest BCUT2D eigenvalue weighted by atomic mass is 16.5. The van der Waals surface area contributed by atoms with Gasteiger partial charge >= 0.3 is 0 Å². The second-order valence-electron chi connectivity index (χ2n) is 7.66. The van der Waals surface area contributed by atoms with E-state index in [9.17, 15) is 4.79 Å². The maximum atomic E-state index is 12.4. The minimum atomic E-state index is 0.140. The fourth-order valence-corrected chi connectivity index (χ4v) is 4.51. The van der Waals surface area contributed by atoms with Gasteiger partial charge in [-0.1, -0.05) is 12.5 Å². The molecule has 2 saturated carbocycles. The largest absolute Gasteiger partial charge is 0.492 e. The first-order valence-electron chi connectivity index (χ1n) is 9.27. The topological polar surface area (TPSA) is 64.3 Å². The fourth-order valence-electron chi connectivity index (χ4n) is 4.51. The molecule has 2 bridgehead atoms. The van der Waals surface area contributed by atoms with E-state index in [1.54, 1.807) is 0 Å². The van der Waals surface area contributed by atoms with Gasteiger partial charge in [0.15, 0.2) is 0 Å². The van der Waals surface area contributed by atoms with Crippen LogP contribution in [0.2, 0.25) is 0 Å². The molecule has 2 aliphatic rings. The molecule has 2 fully saturated rings. The van der Waals surface area contributed by atoms with Crippen LogP contribution in [0.5, 0.6) is 5.75 Å². The number of amides is 1. The number of hydrogen-bond donors (Lipinski definition) is 2. The van der Waals surface area contributed by atoms with Crippen LogP contribution in [-0.4, -0.2) is 25.1 Å². The average Bonchev–Trinajstić information content (AvgIpc) is 2.50. The van der Waals surface area contributed by atoms with E-state index in [0.29, 0.717) is 31.0 Å². The molecule has 4 nitrogen and oxygen atoms in total. The van der Waals surface area contributed by atoms with Crippen LogP contribution in [0, 0.1) is 31.6 Å². The number of fused-ring (bicyclic) bond motifs is 2. The molecule has 2 atom stereocenters. The second-order valence-corrected chi connectivity index (χ2v) is 7.66.